The highest BCUT2D eigenvalue weighted by Crippen LogP contribution is 2.30. The van der Waals surface area contributed by atoms with Crippen LogP contribution in [0.25, 0.3) is 0 Å². The van der Waals surface area contributed by atoms with Crippen LogP contribution in [-0.4, -0.2) is 31.8 Å². The Hall–Kier alpha value is -2.65. The standard InChI is InChI=1S/C17H16ClN3O5S/c18-15-9-8-14(10-16(15)21(23)24)27(25,26)20(13-4-2-1-3-5-13)11-17(22)19-12-6-7-12/h1-5,8-10,12H,6-7,11H2,(H,19,22). The van der Waals surface area contributed by atoms with Crippen molar-refractivity contribution in [2.45, 2.75) is 23.8 Å². The number of nitrogens with zero attached hydrogens (tertiary/aromatic N) is 2. The Morgan fingerprint density at radius 3 is 2.48 bits per heavy atom. The largest absolute Gasteiger partial charge is 0.352 e. The zero-order valence-corrected chi connectivity index (χ0v) is 15.6. The molecule has 2 aromatic rings. The summed E-state index contributed by atoms with van der Waals surface area (Å²) in [5.41, 5.74) is -0.241. The Kier molecular flexibility index (Phi) is 5.33. The second-order valence-electron chi connectivity index (χ2n) is 6.06. The lowest BCUT2D eigenvalue weighted by Crippen LogP contribution is -2.41. The van der Waals surface area contributed by atoms with E-state index in [1.165, 1.54) is 6.07 Å². The zero-order valence-electron chi connectivity index (χ0n) is 14.0. The Bertz CT molecular complexity index is 977. The number of carbonyl (C=O) groups excluding carboxylic acids is 1. The SMILES string of the molecule is O=C(CN(c1ccccc1)S(=O)(=O)c1ccc(Cl)c([N+](=O)[O-])c1)NC1CC1. The molecule has 0 heterocycles. The van der Waals surface area contributed by atoms with Crippen molar-refractivity contribution in [3.8, 4) is 0 Å². The molecule has 1 aliphatic carbocycles. The molecule has 0 aromatic heterocycles. The van der Waals surface area contributed by atoms with E-state index >= 15 is 0 Å². The van der Waals surface area contributed by atoms with Crippen LogP contribution in [0.1, 0.15) is 12.8 Å². The highest BCUT2D eigenvalue weighted by Gasteiger charge is 2.31. The number of amides is 1. The first kappa shape index (κ1) is 19.1. The van der Waals surface area contributed by atoms with E-state index < -0.39 is 33.1 Å². The highest BCUT2D eigenvalue weighted by molar-refractivity contribution is 7.92. The summed E-state index contributed by atoms with van der Waals surface area (Å²) >= 11 is 5.77. The fourth-order valence-electron chi connectivity index (χ4n) is 2.46. The predicted octanol–water partition coefficient (Wildman–Crippen LogP) is 2.72. The minimum absolute atomic E-state index is 0.0782. The fraction of sp³-hybridized carbons (Fsp3) is 0.235. The first-order chi connectivity index (χ1) is 12.8. The van der Waals surface area contributed by atoms with Crippen molar-refractivity contribution in [3.05, 3.63) is 63.7 Å². The van der Waals surface area contributed by atoms with Crippen LogP contribution in [-0.2, 0) is 14.8 Å². The monoisotopic (exact) mass is 409 g/mol. The average molecular weight is 410 g/mol. The molecule has 142 valence electrons. The lowest BCUT2D eigenvalue weighted by molar-refractivity contribution is -0.384. The Morgan fingerprint density at radius 1 is 1.22 bits per heavy atom. The smallest absolute Gasteiger partial charge is 0.289 e. The summed E-state index contributed by atoms with van der Waals surface area (Å²) in [5, 5.41) is 13.7. The maximum absolute atomic E-state index is 13.1. The normalized spacial score (nSPS) is 13.8. The minimum atomic E-state index is -4.23. The van der Waals surface area contributed by atoms with E-state index in [1.807, 2.05) is 0 Å². The van der Waals surface area contributed by atoms with E-state index in [4.69, 9.17) is 11.6 Å². The number of sulfonamides is 1. The van der Waals surface area contributed by atoms with Crippen molar-refractivity contribution < 1.29 is 18.1 Å². The number of rotatable bonds is 7. The van der Waals surface area contributed by atoms with Gasteiger partial charge in [-0.2, -0.15) is 0 Å². The molecule has 10 heteroatoms. The summed E-state index contributed by atoms with van der Waals surface area (Å²) in [6.07, 6.45) is 1.74. The van der Waals surface area contributed by atoms with Crippen molar-refractivity contribution in [1.82, 2.24) is 5.32 Å². The molecule has 0 saturated heterocycles. The first-order valence-corrected chi connectivity index (χ1v) is 9.92. The van der Waals surface area contributed by atoms with Gasteiger partial charge in [0.25, 0.3) is 15.7 Å². The number of nitro benzene ring substituents is 1. The van der Waals surface area contributed by atoms with Crippen LogP contribution in [0.5, 0.6) is 0 Å². The second kappa shape index (κ2) is 7.53. The van der Waals surface area contributed by atoms with Crippen LogP contribution in [0.2, 0.25) is 5.02 Å². The van der Waals surface area contributed by atoms with Crippen molar-refractivity contribution >= 4 is 38.9 Å². The number of nitro groups is 1. The quantitative estimate of drug-likeness (QED) is 0.558. The average Bonchev–Trinajstić information content (AvgIpc) is 3.44. The lowest BCUT2D eigenvalue weighted by atomic mass is 10.3. The van der Waals surface area contributed by atoms with Gasteiger partial charge < -0.3 is 5.32 Å². The van der Waals surface area contributed by atoms with Gasteiger partial charge in [0.1, 0.15) is 11.6 Å². The summed E-state index contributed by atoms with van der Waals surface area (Å²) in [5.74, 6) is -0.437. The number of para-hydroxylation sites is 1. The van der Waals surface area contributed by atoms with Gasteiger partial charge in [-0.3, -0.25) is 19.2 Å². The summed E-state index contributed by atoms with van der Waals surface area (Å²) in [6, 6.07) is 11.4. The van der Waals surface area contributed by atoms with Crippen LogP contribution in [0.4, 0.5) is 11.4 Å². The Labute approximate surface area is 160 Å². The predicted molar refractivity (Wildman–Crippen MR) is 100 cm³/mol. The molecule has 2 aromatic carbocycles. The summed E-state index contributed by atoms with van der Waals surface area (Å²) < 4.78 is 27.2. The number of hydrogen-bond donors (Lipinski definition) is 1. The molecule has 1 N–H and O–H groups in total. The van der Waals surface area contributed by atoms with Crippen molar-refractivity contribution in [2.24, 2.45) is 0 Å². The molecular formula is C17H16ClN3O5S. The van der Waals surface area contributed by atoms with Gasteiger partial charge in [-0.05, 0) is 37.1 Å². The third-order valence-corrected chi connectivity index (χ3v) is 6.07. The fourth-order valence-corrected chi connectivity index (χ4v) is 4.09. The molecule has 0 atom stereocenters. The minimum Gasteiger partial charge on any atom is -0.352 e. The molecule has 3 rings (SSSR count). The van der Waals surface area contributed by atoms with E-state index in [0.717, 1.165) is 29.3 Å². The first-order valence-electron chi connectivity index (χ1n) is 8.10. The molecular weight excluding hydrogens is 394 g/mol. The zero-order chi connectivity index (χ0) is 19.6. The maximum atomic E-state index is 13.1. The third kappa shape index (κ3) is 4.37. The van der Waals surface area contributed by atoms with Gasteiger partial charge in [0.05, 0.1) is 15.5 Å². The number of benzene rings is 2. The van der Waals surface area contributed by atoms with E-state index in [9.17, 15) is 23.3 Å². The summed E-state index contributed by atoms with van der Waals surface area (Å²) in [6.45, 7) is -0.431. The van der Waals surface area contributed by atoms with E-state index in [-0.39, 0.29) is 21.6 Å². The Morgan fingerprint density at radius 2 is 1.89 bits per heavy atom. The number of anilines is 1. The van der Waals surface area contributed by atoms with Gasteiger partial charge in [-0.1, -0.05) is 29.8 Å². The molecule has 1 amide bonds. The number of halogens is 1. The number of nitrogens with one attached hydrogen (secondary N) is 1. The van der Waals surface area contributed by atoms with Crippen LogP contribution in [0, 0.1) is 10.1 Å². The lowest BCUT2D eigenvalue weighted by Gasteiger charge is -2.24. The second-order valence-corrected chi connectivity index (χ2v) is 8.33. The Balaban J connectivity index is 2.00. The van der Waals surface area contributed by atoms with Crippen LogP contribution < -0.4 is 9.62 Å². The van der Waals surface area contributed by atoms with Crippen molar-refractivity contribution in [3.63, 3.8) is 0 Å². The van der Waals surface area contributed by atoms with Crippen molar-refractivity contribution in [2.75, 3.05) is 10.8 Å². The van der Waals surface area contributed by atoms with E-state index in [0.29, 0.717) is 0 Å². The third-order valence-electron chi connectivity index (χ3n) is 3.98. The molecule has 1 fully saturated rings. The molecule has 0 aliphatic heterocycles. The molecule has 27 heavy (non-hydrogen) atoms. The van der Waals surface area contributed by atoms with Crippen molar-refractivity contribution in [1.29, 1.82) is 0 Å². The van der Waals surface area contributed by atoms with Crippen LogP contribution in [0.15, 0.2) is 53.4 Å². The van der Waals surface area contributed by atoms with Gasteiger partial charge in [0.15, 0.2) is 0 Å². The topological polar surface area (TPSA) is 110 Å². The van der Waals surface area contributed by atoms with E-state index in [2.05, 4.69) is 5.32 Å². The molecule has 8 nitrogen and oxygen atoms in total. The summed E-state index contributed by atoms with van der Waals surface area (Å²) in [7, 11) is -4.23. The van der Waals surface area contributed by atoms with Gasteiger partial charge in [-0.25, -0.2) is 8.42 Å². The van der Waals surface area contributed by atoms with Gasteiger partial charge >= 0.3 is 0 Å². The number of hydrogen-bond acceptors (Lipinski definition) is 5. The molecule has 0 bridgehead atoms. The molecule has 0 radical (unpaired) electrons. The molecule has 0 unspecified atom stereocenters. The van der Waals surface area contributed by atoms with Gasteiger partial charge in [0, 0.05) is 12.1 Å². The van der Waals surface area contributed by atoms with Gasteiger partial charge in [-0.15, -0.1) is 0 Å². The maximum Gasteiger partial charge on any atom is 0.289 e. The highest BCUT2D eigenvalue weighted by atomic mass is 35.5. The molecule has 1 saturated carbocycles. The number of carbonyl (C=O) groups is 1. The molecule has 1 aliphatic rings. The van der Waals surface area contributed by atoms with Crippen LogP contribution >= 0.6 is 11.6 Å². The van der Waals surface area contributed by atoms with E-state index in [1.54, 1.807) is 30.3 Å². The van der Waals surface area contributed by atoms with Gasteiger partial charge in [0.2, 0.25) is 5.91 Å². The van der Waals surface area contributed by atoms with Crippen LogP contribution in [0.3, 0.4) is 0 Å². The summed E-state index contributed by atoms with van der Waals surface area (Å²) in [4.78, 5) is 22.3. The molecule has 0 spiro atoms.